The van der Waals surface area contributed by atoms with E-state index in [9.17, 15) is 47.0 Å². The summed E-state index contributed by atoms with van der Waals surface area (Å²) in [6.45, 7) is 39.6. The molecule has 0 amide bonds. The second-order valence-electron chi connectivity index (χ2n) is 20.4. The summed E-state index contributed by atoms with van der Waals surface area (Å²) in [5.41, 5.74) is 2.21. The number of benzene rings is 2. The van der Waals surface area contributed by atoms with Crippen molar-refractivity contribution in [3.05, 3.63) is 71.8 Å². The van der Waals surface area contributed by atoms with Crippen molar-refractivity contribution < 1.29 is 60.6 Å². The molecule has 0 aliphatic carbocycles. The van der Waals surface area contributed by atoms with Crippen LogP contribution in [0.25, 0.3) is 0 Å². The molecule has 2 aromatic carbocycles. The highest BCUT2D eigenvalue weighted by atomic mass is 31.2. The molecule has 0 aliphatic rings. The number of Topliss-reactive ketones (excluding diaryl/α,β-unsaturated/α-hetero) is 4. The van der Waals surface area contributed by atoms with Crippen LogP contribution in [0.4, 0.5) is 0 Å². The zero-order valence-corrected chi connectivity index (χ0v) is 50.4. The van der Waals surface area contributed by atoms with E-state index in [1.54, 1.807) is 78.1 Å². The van der Waals surface area contributed by atoms with Gasteiger partial charge in [0.1, 0.15) is 34.6 Å². The van der Waals surface area contributed by atoms with Crippen molar-refractivity contribution in [1.29, 1.82) is 0 Å². The summed E-state index contributed by atoms with van der Waals surface area (Å²) >= 11 is 0. The van der Waals surface area contributed by atoms with Gasteiger partial charge in [-0.3, -0.25) is 37.7 Å². The van der Waals surface area contributed by atoms with Gasteiger partial charge in [-0.25, -0.2) is 0 Å². The summed E-state index contributed by atoms with van der Waals surface area (Å²) < 4.78 is 60.5. The fourth-order valence-corrected chi connectivity index (χ4v) is 5.91. The third-order valence-electron chi connectivity index (χ3n) is 8.90. The lowest BCUT2D eigenvalue weighted by molar-refractivity contribution is -0.125. The van der Waals surface area contributed by atoms with Crippen LogP contribution in [-0.2, 0) is 64.4 Å². The Morgan fingerprint density at radius 1 is 0.500 bits per heavy atom. The maximum atomic E-state index is 11.6. The number of carbonyl (C=O) groups is 6. The minimum Gasteiger partial charge on any atom is -0.443 e. The summed E-state index contributed by atoms with van der Waals surface area (Å²) in [6, 6.07) is 14.4. The normalized spacial score (nSPS) is 11.5. The van der Waals surface area contributed by atoms with Crippen LogP contribution in [0.1, 0.15) is 121 Å². The Kier molecular flexibility index (Phi) is 38.3. The predicted octanol–water partition coefficient (Wildman–Crippen LogP) is 13.9. The molecule has 0 saturated heterocycles. The van der Waals surface area contributed by atoms with Crippen molar-refractivity contribution in [3.8, 4) is 11.5 Å². The van der Waals surface area contributed by atoms with Gasteiger partial charge in [-0.15, -0.1) is 0 Å². The molecule has 13 nitrogen and oxygen atoms in total. The molecular weight excluding hydrogens is 968 g/mol. The van der Waals surface area contributed by atoms with Crippen molar-refractivity contribution in [2.45, 2.75) is 128 Å². The number of hydrogen-bond acceptors (Lipinski definition) is 13. The Hall–Kier alpha value is -3.32. The summed E-state index contributed by atoms with van der Waals surface area (Å²) in [7, 11) is -9.02. The fourth-order valence-electron chi connectivity index (χ4n) is 4.01. The minimum absolute atomic E-state index is 0.00444. The van der Waals surface area contributed by atoms with Crippen LogP contribution in [-0.4, -0.2) is 100 Å². The van der Waals surface area contributed by atoms with Gasteiger partial charge in [-0.05, 0) is 80.6 Å². The Morgan fingerprint density at radius 2 is 0.914 bits per heavy atom. The quantitative estimate of drug-likeness (QED) is 0.0846. The topological polar surface area (TPSA) is 198 Å². The molecule has 17 heteroatoms. The van der Waals surface area contributed by atoms with Crippen LogP contribution >= 0.6 is 29.2 Å². The van der Waals surface area contributed by atoms with Crippen molar-refractivity contribution in [3.63, 3.8) is 0 Å². The first kappa shape index (κ1) is 73.2. The third-order valence-corrected chi connectivity index (χ3v) is 13.5. The lowest BCUT2D eigenvalue weighted by atomic mass is 10.0. The lowest BCUT2D eigenvalue weighted by Crippen LogP contribution is -2.10. The molecule has 0 fully saturated rings. The van der Waals surface area contributed by atoms with Gasteiger partial charge < -0.3 is 22.9 Å². The number of allylic oxidation sites excluding steroid dienone is 2. The number of ketones is 6. The lowest BCUT2D eigenvalue weighted by Gasteiger charge is -2.11. The first-order valence-electron chi connectivity index (χ1n) is 23.7. The van der Waals surface area contributed by atoms with Crippen LogP contribution in [0, 0.1) is 29.6 Å². The van der Waals surface area contributed by atoms with Crippen LogP contribution in [0.5, 0.6) is 11.5 Å². The molecule has 0 unspecified atom stereocenters. The highest BCUT2D eigenvalue weighted by Crippen LogP contribution is 2.42. The van der Waals surface area contributed by atoms with Gasteiger partial charge in [-0.2, -0.15) is 0 Å². The first-order chi connectivity index (χ1) is 31.5. The van der Waals surface area contributed by atoms with Crippen LogP contribution in [0.15, 0.2) is 60.7 Å². The summed E-state index contributed by atoms with van der Waals surface area (Å²) in [5.74, 6) is 2.34. The van der Waals surface area contributed by atoms with E-state index in [-0.39, 0.29) is 58.4 Å². The molecule has 0 bridgehead atoms. The molecular formula is C53H92O13P4. The first-order valence-corrected chi connectivity index (χ1v) is 33.9. The summed E-state index contributed by atoms with van der Waals surface area (Å²) in [5, 5.41) is 0. The van der Waals surface area contributed by atoms with E-state index in [0.29, 0.717) is 55.4 Å². The molecule has 0 aromatic heterocycles. The highest BCUT2D eigenvalue weighted by molar-refractivity contribution is 7.63. The SMILES string of the molecule is CC(=O)/C=C/C(=O)C(C)C.CC(=O)CCC(=O)C(C)C.CC(C)C(=O)Cc1ccc(OP(C)(C)=O)cc1.CC(C)C(=O)Cc1cccc(OP(C)(C)=O)c1.CC(C)COP(C)(C)=O.CC(C)P(C)(C)=O. The maximum absolute atomic E-state index is 11.6. The van der Waals surface area contributed by atoms with Gasteiger partial charge in [0.05, 0.1) is 13.7 Å². The molecule has 2 rings (SSSR count). The molecule has 0 aliphatic heterocycles. The van der Waals surface area contributed by atoms with Gasteiger partial charge in [0.25, 0.3) is 0 Å². The van der Waals surface area contributed by atoms with E-state index < -0.39 is 29.2 Å². The van der Waals surface area contributed by atoms with Crippen LogP contribution < -0.4 is 9.05 Å². The molecule has 70 heavy (non-hydrogen) atoms. The van der Waals surface area contributed by atoms with E-state index >= 15 is 0 Å². The third kappa shape index (κ3) is 49.7. The predicted molar refractivity (Wildman–Crippen MR) is 294 cm³/mol. The van der Waals surface area contributed by atoms with E-state index in [1.807, 2.05) is 107 Å². The number of rotatable bonds is 21. The second-order valence-corrected chi connectivity index (χ2v) is 32.4. The zero-order valence-electron chi connectivity index (χ0n) is 46.9. The summed E-state index contributed by atoms with van der Waals surface area (Å²) in [4.78, 5) is 65.6. The molecule has 402 valence electrons. The smallest absolute Gasteiger partial charge is 0.242 e. The van der Waals surface area contributed by atoms with Crippen LogP contribution in [0.3, 0.4) is 0 Å². The molecule has 0 heterocycles. The fraction of sp³-hybridized carbons (Fsp3) is 0.623. The van der Waals surface area contributed by atoms with E-state index in [0.717, 1.165) is 11.1 Å². The Balaban J connectivity index is -0.000000385. The van der Waals surface area contributed by atoms with Crippen molar-refractivity contribution >= 4 is 63.9 Å². The van der Waals surface area contributed by atoms with E-state index in [4.69, 9.17) is 13.6 Å². The van der Waals surface area contributed by atoms with Gasteiger partial charge in [-0.1, -0.05) is 107 Å². The Bertz CT molecular complexity index is 2110. The molecule has 0 N–H and O–H groups in total. The standard InChI is InChI=1S/2C13H19O3P.C8H14O2.C8H12O2.C6H15O2P.C5H13OP/c1-10(2)13(14)9-11-5-7-12(8-6-11)16-17(3,4)15;1-10(2)13(14)9-11-6-5-7-12(8-11)16-17(3,4)15;2*1-6(2)8(10)5-4-7(3)9;1-6(2)5-8-9(3,4)7;1-5(2)7(3,4)6/h2*5-8,10H,9H2,1-4H3;6H,4-5H2,1-3H3;4-6H,1-3H3;6H,5H2,1-4H3;5H,1-4H3/b;;;5-4+;;. The molecule has 0 atom stereocenters. The highest BCUT2D eigenvalue weighted by Gasteiger charge is 2.14. The monoisotopic (exact) mass is 1060 g/mol. The van der Waals surface area contributed by atoms with Crippen molar-refractivity contribution in [2.24, 2.45) is 29.6 Å². The number of hydrogen-bond donors (Lipinski definition) is 0. The maximum Gasteiger partial charge on any atom is 0.242 e. The second kappa shape index (κ2) is 36.6. The molecule has 0 saturated carbocycles. The van der Waals surface area contributed by atoms with Crippen LogP contribution in [0.2, 0.25) is 0 Å². The van der Waals surface area contributed by atoms with Gasteiger partial charge in [0.2, 0.25) is 14.7 Å². The minimum atomic E-state index is -2.55. The number of carbonyl (C=O) groups excluding carboxylic acids is 6. The Labute approximate surface area is 424 Å². The van der Waals surface area contributed by atoms with Gasteiger partial charge in [0.15, 0.2) is 18.9 Å². The molecule has 0 spiro atoms. The Morgan fingerprint density at radius 3 is 1.23 bits per heavy atom. The van der Waals surface area contributed by atoms with E-state index in [1.165, 1.54) is 26.0 Å². The van der Waals surface area contributed by atoms with E-state index in [2.05, 4.69) is 0 Å². The molecule has 0 radical (unpaired) electrons. The largest absolute Gasteiger partial charge is 0.443 e. The zero-order chi connectivity index (χ0) is 56.0. The average molecular weight is 1060 g/mol. The average Bonchev–Trinajstić information content (AvgIpc) is 3.18. The van der Waals surface area contributed by atoms with Crippen molar-refractivity contribution in [2.75, 3.05) is 59.9 Å². The van der Waals surface area contributed by atoms with Gasteiger partial charge >= 0.3 is 0 Å². The van der Waals surface area contributed by atoms with Crippen molar-refractivity contribution in [1.82, 2.24) is 0 Å². The van der Waals surface area contributed by atoms with Gasteiger partial charge in [0, 0.05) is 95.0 Å². The summed E-state index contributed by atoms with van der Waals surface area (Å²) in [6.07, 6.45) is 4.26. The molecule has 2 aromatic rings.